The smallest absolute Gasteiger partial charge is 0.341 e. The molecule has 0 fully saturated rings. The Balaban J connectivity index is 2.05. The van der Waals surface area contributed by atoms with Gasteiger partial charge >= 0.3 is 5.97 Å². The molecule has 1 heterocycles. The van der Waals surface area contributed by atoms with Crippen molar-refractivity contribution in [2.24, 2.45) is 0 Å². The van der Waals surface area contributed by atoms with Crippen LogP contribution in [0, 0.1) is 0 Å². The van der Waals surface area contributed by atoms with E-state index in [4.69, 9.17) is 14.4 Å². The maximum atomic E-state index is 10.8. The summed E-state index contributed by atoms with van der Waals surface area (Å²) in [6.07, 6.45) is 1.16. The lowest BCUT2D eigenvalue weighted by atomic mass is 10.3. The zero-order chi connectivity index (χ0) is 12.3. The van der Waals surface area contributed by atoms with E-state index < -0.39 is 5.97 Å². The highest BCUT2D eigenvalue weighted by Crippen LogP contribution is 2.18. The van der Waals surface area contributed by atoms with Crippen molar-refractivity contribution in [1.82, 2.24) is 5.16 Å². The third-order valence-corrected chi connectivity index (χ3v) is 2.59. The fourth-order valence-electron chi connectivity index (χ4n) is 1.22. The maximum Gasteiger partial charge on any atom is 0.341 e. The first-order chi connectivity index (χ1) is 8.16. The van der Waals surface area contributed by atoms with Gasteiger partial charge in [-0.1, -0.05) is 21.1 Å². The number of carboxylic acids is 1. The summed E-state index contributed by atoms with van der Waals surface area (Å²) >= 11 is 3.30. The molecule has 1 aromatic heterocycles. The minimum Gasteiger partial charge on any atom is -0.486 e. The number of carbonyl (C=O) groups is 1. The van der Waals surface area contributed by atoms with Crippen LogP contribution in [0.5, 0.6) is 5.75 Å². The number of benzene rings is 1. The van der Waals surface area contributed by atoms with Crippen molar-refractivity contribution in [3.05, 3.63) is 46.3 Å². The predicted octanol–water partition coefficient (Wildman–Crippen LogP) is 2.71. The van der Waals surface area contributed by atoms with Crippen molar-refractivity contribution >= 4 is 21.9 Å². The van der Waals surface area contributed by atoms with Crippen LogP contribution >= 0.6 is 15.9 Å². The molecule has 88 valence electrons. The van der Waals surface area contributed by atoms with Crippen LogP contribution in [0.4, 0.5) is 0 Å². The van der Waals surface area contributed by atoms with Crippen molar-refractivity contribution in [1.29, 1.82) is 0 Å². The van der Waals surface area contributed by atoms with Crippen LogP contribution in [0.2, 0.25) is 0 Å². The Morgan fingerprint density at radius 2 is 2.12 bits per heavy atom. The first kappa shape index (κ1) is 11.7. The van der Waals surface area contributed by atoms with Crippen LogP contribution in [-0.2, 0) is 6.61 Å². The fourth-order valence-corrected chi connectivity index (χ4v) is 1.49. The minimum absolute atomic E-state index is 0.0158. The second-order valence-corrected chi connectivity index (χ2v) is 4.13. The first-order valence-electron chi connectivity index (χ1n) is 4.72. The number of hydrogen-bond acceptors (Lipinski definition) is 4. The van der Waals surface area contributed by atoms with Gasteiger partial charge in [0.25, 0.3) is 0 Å². The van der Waals surface area contributed by atoms with Gasteiger partial charge < -0.3 is 14.4 Å². The molecule has 1 N–H and O–H groups in total. The Kier molecular flexibility index (Phi) is 3.43. The zero-order valence-corrected chi connectivity index (χ0v) is 10.2. The molecule has 0 radical (unpaired) electrons. The number of aromatic carboxylic acids is 1. The van der Waals surface area contributed by atoms with Crippen molar-refractivity contribution in [3.8, 4) is 5.75 Å². The molecule has 0 saturated carbocycles. The van der Waals surface area contributed by atoms with Gasteiger partial charge in [0.05, 0.1) is 6.20 Å². The van der Waals surface area contributed by atoms with E-state index in [0.29, 0.717) is 5.75 Å². The molecule has 0 amide bonds. The lowest BCUT2D eigenvalue weighted by molar-refractivity contribution is 0.0691. The average Bonchev–Trinajstić information content (AvgIpc) is 2.76. The van der Waals surface area contributed by atoms with E-state index in [0.717, 1.165) is 10.7 Å². The first-order valence-corrected chi connectivity index (χ1v) is 5.51. The summed E-state index contributed by atoms with van der Waals surface area (Å²) in [4.78, 5) is 10.8. The lowest BCUT2D eigenvalue weighted by Crippen LogP contribution is -2.02. The predicted molar refractivity (Wildman–Crippen MR) is 61.9 cm³/mol. The normalized spacial score (nSPS) is 10.2. The molecule has 1 aromatic carbocycles. The lowest BCUT2D eigenvalue weighted by Gasteiger charge is -2.03. The molecular formula is C11H8BrNO4. The second-order valence-electron chi connectivity index (χ2n) is 3.21. The SMILES string of the molecule is O=C(O)c1cnoc1COc1ccc(Br)cc1. The number of carboxylic acid groups (broad SMARTS) is 1. The van der Waals surface area contributed by atoms with E-state index in [1.807, 2.05) is 12.1 Å². The highest BCUT2D eigenvalue weighted by Gasteiger charge is 2.15. The molecule has 0 aliphatic heterocycles. The molecule has 0 aliphatic rings. The van der Waals surface area contributed by atoms with Gasteiger partial charge in [-0.15, -0.1) is 0 Å². The minimum atomic E-state index is -1.08. The number of aromatic nitrogens is 1. The second kappa shape index (κ2) is 5.01. The molecule has 0 aliphatic carbocycles. The van der Waals surface area contributed by atoms with E-state index in [9.17, 15) is 4.79 Å². The van der Waals surface area contributed by atoms with Gasteiger partial charge in [0, 0.05) is 4.47 Å². The Morgan fingerprint density at radius 1 is 1.41 bits per heavy atom. The van der Waals surface area contributed by atoms with Crippen molar-refractivity contribution in [2.45, 2.75) is 6.61 Å². The molecular weight excluding hydrogens is 290 g/mol. The van der Waals surface area contributed by atoms with E-state index in [-0.39, 0.29) is 17.9 Å². The third kappa shape index (κ3) is 2.85. The van der Waals surface area contributed by atoms with Crippen LogP contribution in [0.3, 0.4) is 0 Å². The summed E-state index contributed by atoms with van der Waals surface area (Å²) < 4.78 is 11.1. The molecule has 0 unspecified atom stereocenters. The molecule has 17 heavy (non-hydrogen) atoms. The van der Waals surface area contributed by atoms with Crippen molar-refractivity contribution < 1.29 is 19.2 Å². The number of ether oxygens (including phenoxy) is 1. The Labute approximate surface area is 105 Å². The van der Waals surface area contributed by atoms with Crippen molar-refractivity contribution in [3.63, 3.8) is 0 Å². The summed E-state index contributed by atoms with van der Waals surface area (Å²) in [7, 11) is 0. The van der Waals surface area contributed by atoms with Gasteiger partial charge in [-0.2, -0.15) is 0 Å². The molecule has 0 atom stereocenters. The van der Waals surface area contributed by atoms with Gasteiger partial charge in [0.2, 0.25) is 0 Å². The maximum absolute atomic E-state index is 10.8. The Bertz CT molecular complexity index is 521. The largest absolute Gasteiger partial charge is 0.486 e. The van der Waals surface area contributed by atoms with Crippen molar-refractivity contribution in [2.75, 3.05) is 0 Å². The summed E-state index contributed by atoms with van der Waals surface area (Å²) in [5.41, 5.74) is 0.0158. The van der Waals surface area contributed by atoms with Gasteiger partial charge in [-0.3, -0.25) is 0 Å². The average molecular weight is 298 g/mol. The van der Waals surface area contributed by atoms with Gasteiger partial charge in [0.1, 0.15) is 17.9 Å². The van der Waals surface area contributed by atoms with Crippen LogP contribution in [0.25, 0.3) is 0 Å². The van der Waals surface area contributed by atoms with E-state index in [1.165, 1.54) is 0 Å². The Hall–Kier alpha value is -1.82. The summed E-state index contributed by atoms with van der Waals surface area (Å²) in [6.45, 7) is 0.0310. The van der Waals surface area contributed by atoms with Crippen LogP contribution < -0.4 is 4.74 Å². The molecule has 0 spiro atoms. The highest BCUT2D eigenvalue weighted by molar-refractivity contribution is 9.10. The van der Waals surface area contributed by atoms with Gasteiger partial charge in [-0.25, -0.2) is 4.79 Å². The monoisotopic (exact) mass is 297 g/mol. The highest BCUT2D eigenvalue weighted by atomic mass is 79.9. The molecule has 0 saturated heterocycles. The van der Waals surface area contributed by atoms with E-state index in [1.54, 1.807) is 12.1 Å². The summed E-state index contributed by atoms with van der Waals surface area (Å²) in [5, 5.41) is 12.3. The third-order valence-electron chi connectivity index (χ3n) is 2.06. The molecule has 2 rings (SSSR count). The van der Waals surface area contributed by atoms with E-state index >= 15 is 0 Å². The van der Waals surface area contributed by atoms with E-state index in [2.05, 4.69) is 21.1 Å². The standard InChI is InChI=1S/C11H8BrNO4/c12-7-1-3-8(4-2-7)16-6-10-9(11(14)15)5-13-17-10/h1-5H,6H2,(H,14,15). The van der Waals surface area contributed by atoms with Gasteiger partial charge in [0.15, 0.2) is 5.76 Å². The number of rotatable bonds is 4. The summed E-state index contributed by atoms with van der Waals surface area (Å²) in [5.74, 6) is -0.262. The van der Waals surface area contributed by atoms with Crippen LogP contribution in [-0.4, -0.2) is 16.2 Å². The quantitative estimate of drug-likeness (QED) is 0.939. The van der Waals surface area contributed by atoms with Crippen LogP contribution in [0.1, 0.15) is 16.1 Å². The number of halogens is 1. The number of hydrogen-bond donors (Lipinski definition) is 1. The fraction of sp³-hybridized carbons (Fsp3) is 0.0909. The molecule has 2 aromatic rings. The topological polar surface area (TPSA) is 72.6 Å². The summed E-state index contributed by atoms with van der Waals surface area (Å²) in [6, 6.07) is 7.18. The zero-order valence-electron chi connectivity index (χ0n) is 8.59. The molecule has 6 heteroatoms. The van der Waals surface area contributed by atoms with Crippen LogP contribution in [0.15, 0.2) is 39.5 Å². The number of nitrogens with zero attached hydrogens (tertiary/aromatic N) is 1. The molecule has 5 nitrogen and oxygen atoms in total. The Morgan fingerprint density at radius 3 is 2.76 bits per heavy atom. The van der Waals surface area contributed by atoms with Gasteiger partial charge in [-0.05, 0) is 24.3 Å². The molecule has 0 bridgehead atoms.